The fourth-order valence-electron chi connectivity index (χ4n) is 2.03. The van der Waals surface area contributed by atoms with Crippen molar-refractivity contribution in [2.45, 2.75) is 6.92 Å². The Kier molecular flexibility index (Phi) is 4.79. The van der Waals surface area contributed by atoms with Crippen molar-refractivity contribution in [1.82, 2.24) is 9.97 Å². The highest BCUT2D eigenvalue weighted by Crippen LogP contribution is 2.21. The normalized spacial score (nSPS) is 10.4. The van der Waals surface area contributed by atoms with Crippen molar-refractivity contribution in [1.29, 1.82) is 0 Å². The average Bonchev–Trinajstić information content (AvgIpc) is 2.51. The van der Waals surface area contributed by atoms with Crippen LogP contribution in [0, 0.1) is 6.92 Å². The first-order valence-electron chi connectivity index (χ1n) is 6.99. The minimum atomic E-state index is 0.534. The summed E-state index contributed by atoms with van der Waals surface area (Å²) in [6, 6.07) is 17.2. The van der Waals surface area contributed by atoms with Gasteiger partial charge in [-0.25, -0.2) is 4.98 Å². The molecule has 1 aromatic heterocycles. The maximum absolute atomic E-state index is 5.89. The van der Waals surface area contributed by atoms with E-state index in [0.717, 1.165) is 27.4 Å². The number of nitrogens with one attached hydrogen (secondary N) is 2. The largest absolute Gasteiger partial charge is 0.340 e. The van der Waals surface area contributed by atoms with Gasteiger partial charge < -0.3 is 10.6 Å². The maximum Gasteiger partial charge on any atom is 0.229 e. The molecule has 0 saturated carbocycles. The van der Waals surface area contributed by atoms with Gasteiger partial charge in [0.1, 0.15) is 5.82 Å². The minimum absolute atomic E-state index is 0.534. The number of benzene rings is 2. The van der Waals surface area contributed by atoms with Gasteiger partial charge in [-0.2, -0.15) is 4.98 Å². The molecule has 116 valence electrons. The Bertz CT molecular complexity index is 738. The number of halogens is 2. The quantitative estimate of drug-likeness (QED) is 0.602. The van der Waals surface area contributed by atoms with E-state index in [4.69, 9.17) is 11.6 Å². The van der Waals surface area contributed by atoms with Gasteiger partial charge in [0, 0.05) is 32.6 Å². The zero-order valence-corrected chi connectivity index (χ0v) is 14.7. The lowest BCUT2D eigenvalue weighted by atomic mass is 10.3. The van der Waals surface area contributed by atoms with Crippen LogP contribution in [0.2, 0.25) is 5.02 Å². The van der Waals surface area contributed by atoms with Crippen molar-refractivity contribution in [2.75, 3.05) is 10.6 Å². The highest BCUT2D eigenvalue weighted by molar-refractivity contribution is 9.10. The summed E-state index contributed by atoms with van der Waals surface area (Å²) >= 11 is 9.32. The van der Waals surface area contributed by atoms with Crippen LogP contribution in [0.25, 0.3) is 0 Å². The molecule has 0 radical (unpaired) electrons. The van der Waals surface area contributed by atoms with Crippen molar-refractivity contribution in [2.24, 2.45) is 0 Å². The van der Waals surface area contributed by atoms with Gasteiger partial charge in [-0.15, -0.1) is 0 Å². The molecule has 0 saturated heterocycles. The van der Waals surface area contributed by atoms with Crippen molar-refractivity contribution in [3.8, 4) is 0 Å². The zero-order valence-electron chi connectivity index (χ0n) is 12.3. The van der Waals surface area contributed by atoms with Crippen molar-refractivity contribution >= 4 is 50.7 Å². The molecule has 0 amide bonds. The van der Waals surface area contributed by atoms with E-state index in [1.54, 1.807) is 0 Å². The van der Waals surface area contributed by atoms with E-state index in [1.165, 1.54) is 0 Å². The molecule has 2 aromatic carbocycles. The Morgan fingerprint density at radius 1 is 0.870 bits per heavy atom. The van der Waals surface area contributed by atoms with E-state index < -0.39 is 0 Å². The number of aryl methyl sites for hydroxylation is 1. The third-order valence-corrected chi connectivity index (χ3v) is 3.85. The lowest BCUT2D eigenvalue weighted by molar-refractivity contribution is 1.11. The molecule has 0 spiro atoms. The summed E-state index contributed by atoms with van der Waals surface area (Å²) in [6.45, 7) is 1.93. The van der Waals surface area contributed by atoms with Crippen LogP contribution in [-0.4, -0.2) is 9.97 Å². The van der Waals surface area contributed by atoms with Crippen LogP contribution in [0.15, 0.2) is 59.1 Å². The van der Waals surface area contributed by atoms with Crippen LogP contribution in [-0.2, 0) is 0 Å². The second kappa shape index (κ2) is 6.98. The Hall–Kier alpha value is -2.11. The molecular weight excluding hydrogens is 376 g/mol. The highest BCUT2D eigenvalue weighted by Gasteiger charge is 2.04. The topological polar surface area (TPSA) is 49.8 Å². The number of hydrogen-bond donors (Lipinski definition) is 2. The first kappa shape index (κ1) is 15.8. The summed E-state index contributed by atoms with van der Waals surface area (Å²) in [7, 11) is 0. The number of anilines is 4. The van der Waals surface area contributed by atoms with Crippen LogP contribution < -0.4 is 10.6 Å². The molecule has 3 rings (SSSR count). The molecule has 0 aliphatic heterocycles. The van der Waals surface area contributed by atoms with Gasteiger partial charge in [-0.05, 0) is 55.5 Å². The Labute approximate surface area is 148 Å². The summed E-state index contributed by atoms with van der Waals surface area (Å²) < 4.78 is 1.03. The van der Waals surface area contributed by atoms with Crippen LogP contribution >= 0.6 is 27.5 Å². The molecule has 6 heteroatoms. The van der Waals surface area contributed by atoms with E-state index in [1.807, 2.05) is 61.5 Å². The lowest BCUT2D eigenvalue weighted by Crippen LogP contribution is -2.02. The van der Waals surface area contributed by atoms with Crippen LogP contribution in [0.1, 0.15) is 5.69 Å². The van der Waals surface area contributed by atoms with Gasteiger partial charge in [-0.3, -0.25) is 0 Å². The third kappa shape index (κ3) is 4.43. The van der Waals surface area contributed by atoms with Crippen LogP contribution in [0.4, 0.5) is 23.1 Å². The molecule has 0 aliphatic carbocycles. The van der Waals surface area contributed by atoms with Gasteiger partial charge >= 0.3 is 0 Å². The monoisotopic (exact) mass is 388 g/mol. The third-order valence-electron chi connectivity index (χ3n) is 3.07. The SMILES string of the molecule is Cc1cc(Nc2ccc(Br)cc2)nc(Nc2ccc(Cl)cc2)n1. The summed E-state index contributed by atoms with van der Waals surface area (Å²) in [5, 5.41) is 7.15. The van der Waals surface area contributed by atoms with Crippen molar-refractivity contribution < 1.29 is 0 Å². The Morgan fingerprint density at radius 2 is 1.48 bits per heavy atom. The molecule has 0 atom stereocenters. The molecule has 3 aromatic rings. The van der Waals surface area contributed by atoms with E-state index >= 15 is 0 Å². The second-order valence-electron chi connectivity index (χ2n) is 4.98. The average molecular weight is 390 g/mol. The zero-order chi connectivity index (χ0) is 16.2. The second-order valence-corrected chi connectivity index (χ2v) is 6.33. The molecular formula is C17H14BrClN4. The van der Waals surface area contributed by atoms with E-state index in [2.05, 4.69) is 36.5 Å². The molecule has 1 heterocycles. The summed E-state index contributed by atoms with van der Waals surface area (Å²) in [4.78, 5) is 8.90. The lowest BCUT2D eigenvalue weighted by Gasteiger charge is -2.10. The number of rotatable bonds is 4. The molecule has 0 fully saturated rings. The fourth-order valence-corrected chi connectivity index (χ4v) is 2.42. The summed E-state index contributed by atoms with van der Waals surface area (Å²) in [5.74, 6) is 1.27. The van der Waals surface area contributed by atoms with Crippen molar-refractivity contribution in [3.63, 3.8) is 0 Å². The van der Waals surface area contributed by atoms with E-state index in [-0.39, 0.29) is 0 Å². The molecule has 0 aliphatic rings. The minimum Gasteiger partial charge on any atom is -0.340 e. The Balaban J connectivity index is 1.81. The van der Waals surface area contributed by atoms with Gasteiger partial charge in [0.05, 0.1) is 0 Å². The summed E-state index contributed by atoms with van der Waals surface area (Å²) in [6.07, 6.45) is 0. The van der Waals surface area contributed by atoms with Gasteiger partial charge in [0.15, 0.2) is 0 Å². The standard InChI is InChI=1S/C17H14BrClN4/c1-11-10-16(21-14-6-2-12(18)3-7-14)23-17(20-11)22-15-8-4-13(19)5-9-15/h2-10H,1H3,(H2,20,21,22,23). The van der Waals surface area contributed by atoms with Crippen LogP contribution in [0.3, 0.4) is 0 Å². The van der Waals surface area contributed by atoms with Gasteiger partial charge in [-0.1, -0.05) is 27.5 Å². The van der Waals surface area contributed by atoms with Crippen LogP contribution in [0.5, 0.6) is 0 Å². The van der Waals surface area contributed by atoms with E-state index in [9.17, 15) is 0 Å². The maximum atomic E-state index is 5.89. The predicted octanol–water partition coefficient (Wildman–Crippen LogP) is 5.69. The van der Waals surface area contributed by atoms with Gasteiger partial charge in [0.25, 0.3) is 0 Å². The fraction of sp³-hybridized carbons (Fsp3) is 0.0588. The number of nitrogens with zero attached hydrogens (tertiary/aromatic N) is 2. The molecule has 23 heavy (non-hydrogen) atoms. The first-order valence-corrected chi connectivity index (χ1v) is 8.16. The molecule has 0 bridgehead atoms. The molecule has 4 nitrogen and oxygen atoms in total. The predicted molar refractivity (Wildman–Crippen MR) is 98.9 cm³/mol. The highest BCUT2D eigenvalue weighted by atomic mass is 79.9. The molecule has 2 N–H and O–H groups in total. The molecule has 0 unspecified atom stereocenters. The van der Waals surface area contributed by atoms with Gasteiger partial charge in [0.2, 0.25) is 5.95 Å². The number of hydrogen-bond acceptors (Lipinski definition) is 4. The van der Waals surface area contributed by atoms with Crippen molar-refractivity contribution in [3.05, 3.63) is 69.8 Å². The number of aromatic nitrogens is 2. The Morgan fingerprint density at radius 3 is 2.17 bits per heavy atom. The summed E-state index contributed by atoms with van der Waals surface area (Å²) in [5.41, 5.74) is 2.72. The van der Waals surface area contributed by atoms with E-state index in [0.29, 0.717) is 11.0 Å². The smallest absolute Gasteiger partial charge is 0.229 e. The first-order chi connectivity index (χ1) is 11.1.